The zero-order chi connectivity index (χ0) is 12.3. The van der Waals surface area contributed by atoms with E-state index in [0.717, 1.165) is 5.56 Å². The van der Waals surface area contributed by atoms with Crippen LogP contribution in [0.5, 0.6) is 5.75 Å². The number of anilines is 1. The fourth-order valence-corrected chi connectivity index (χ4v) is 1.66. The van der Waals surface area contributed by atoms with Gasteiger partial charge >= 0.3 is 0 Å². The minimum Gasteiger partial charge on any atom is -0.508 e. The number of hydrogen-bond donors (Lipinski definition) is 2. The Kier molecular flexibility index (Phi) is 3.19. The Bertz CT molecular complexity index is 501. The molecule has 88 valence electrons. The summed E-state index contributed by atoms with van der Waals surface area (Å²) in [4.78, 5) is 2.00. The topological polar surface area (TPSA) is 49.5 Å². The lowest BCUT2D eigenvalue weighted by Gasteiger charge is -2.16. The SMILES string of the molecule is CC1=CC=CN(Cc2cc(N)ccc2O)C=C1. The molecule has 0 atom stereocenters. The molecule has 0 radical (unpaired) electrons. The summed E-state index contributed by atoms with van der Waals surface area (Å²) in [6.45, 7) is 2.65. The Hall–Kier alpha value is -2.16. The van der Waals surface area contributed by atoms with Gasteiger partial charge in [-0.2, -0.15) is 0 Å². The summed E-state index contributed by atoms with van der Waals surface area (Å²) >= 11 is 0. The van der Waals surface area contributed by atoms with Gasteiger partial charge in [0.2, 0.25) is 0 Å². The Balaban J connectivity index is 2.16. The lowest BCUT2D eigenvalue weighted by Crippen LogP contribution is -2.09. The quantitative estimate of drug-likeness (QED) is 0.604. The first-order valence-corrected chi connectivity index (χ1v) is 5.51. The smallest absolute Gasteiger partial charge is 0.120 e. The van der Waals surface area contributed by atoms with Crippen molar-refractivity contribution in [2.75, 3.05) is 5.73 Å². The molecule has 2 rings (SSSR count). The monoisotopic (exact) mass is 228 g/mol. The van der Waals surface area contributed by atoms with E-state index in [2.05, 4.69) is 0 Å². The van der Waals surface area contributed by atoms with E-state index in [1.54, 1.807) is 18.2 Å². The largest absolute Gasteiger partial charge is 0.508 e. The highest BCUT2D eigenvalue weighted by Crippen LogP contribution is 2.22. The van der Waals surface area contributed by atoms with E-state index in [1.807, 2.05) is 42.5 Å². The van der Waals surface area contributed by atoms with Crippen LogP contribution in [-0.2, 0) is 6.54 Å². The first-order valence-electron chi connectivity index (χ1n) is 5.51. The van der Waals surface area contributed by atoms with Crippen molar-refractivity contribution in [1.29, 1.82) is 0 Å². The number of rotatable bonds is 2. The number of aromatic hydroxyl groups is 1. The first-order chi connectivity index (χ1) is 8.15. The second kappa shape index (κ2) is 4.78. The number of nitrogens with zero attached hydrogens (tertiary/aromatic N) is 1. The number of nitrogens with two attached hydrogens (primary N) is 1. The molecule has 1 aliphatic heterocycles. The Labute approximate surface area is 101 Å². The maximum atomic E-state index is 9.74. The molecule has 17 heavy (non-hydrogen) atoms. The van der Waals surface area contributed by atoms with Gasteiger partial charge in [-0.3, -0.25) is 0 Å². The third-order valence-corrected chi connectivity index (χ3v) is 2.62. The fraction of sp³-hybridized carbons (Fsp3) is 0.143. The van der Waals surface area contributed by atoms with Crippen LogP contribution in [-0.4, -0.2) is 10.0 Å². The van der Waals surface area contributed by atoms with Gasteiger partial charge < -0.3 is 15.7 Å². The van der Waals surface area contributed by atoms with Gasteiger partial charge in [0.25, 0.3) is 0 Å². The van der Waals surface area contributed by atoms with Crippen molar-refractivity contribution in [2.45, 2.75) is 13.5 Å². The summed E-state index contributed by atoms with van der Waals surface area (Å²) in [5, 5.41) is 9.74. The fourth-order valence-electron chi connectivity index (χ4n) is 1.66. The average molecular weight is 228 g/mol. The molecule has 3 N–H and O–H groups in total. The Morgan fingerprint density at radius 3 is 2.94 bits per heavy atom. The van der Waals surface area contributed by atoms with Crippen LogP contribution in [0.3, 0.4) is 0 Å². The van der Waals surface area contributed by atoms with Gasteiger partial charge in [-0.15, -0.1) is 0 Å². The van der Waals surface area contributed by atoms with E-state index in [4.69, 9.17) is 5.73 Å². The summed E-state index contributed by atoms with van der Waals surface area (Å²) in [6, 6.07) is 5.11. The minimum absolute atomic E-state index is 0.273. The number of phenolic OH excluding ortho intramolecular Hbond substituents is 1. The highest BCUT2D eigenvalue weighted by molar-refractivity contribution is 5.47. The summed E-state index contributed by atoms with van der Waals surface area (Å²) < 4.78 is 0. The van der Waals surface area contributed by atoms with Gasteiger partial charge in [-0.25, -0.2) is 0 Å². The molecule has 0 amide bonds. The van der Waals surface area contributed by atoms with Gasteiger partial charge in [-0.1, -0.05) is 6.08 Å². The van der Waals surface area contributed by atoms with E-state index in [9.17, 15) is 5.11 Å². The second-order valence-electron chi connectivity index (χ2n) is 4.13. The molecule has 0 fully saturated rings. The number of allylic oxidation sites excluding steroid dienone is 4. The normalized spacial score (nSPS) is 14.6. The van der Waals surface area contributed by atoms with Gasteiger partial charge in [0.1, 0.15) is 5.75 Å². The van der Waals surface area contributed by atoms with Crippen LogP contribution in [0.4, 0.5) is 5.69 Å². The molecule has 1 aromatic carbocycles. The first kappa shape index (κ1) is 11.3. The van der Waals surface area contributed by atoms with E-state index in [-0.39, 0.29) is 5.75 Å². The predicted octanol–water partition coefficient (Wildman–Crippen LogP) is 2.76. The molecule has 0 aliphatic carbocycles. The van der Waals surface area contributed by atoms with Gasteiger partial charge in [0.05, 0.1) is 6.54 Å². The predicted molar refractivity (Wildman–Crippen MR) is 70.1 cm³/mol. The van der Waals surface area contributed by atoms with Crippen molar-refractivity contribution >= 4 is 5.69 Å². The van der Waals surface area contributed by atoms with Crippen LogP contribution in [0, 0.1) is 0 Å². The third kappa shape index (κ3) is 2.91. The molecule has 1 heterocycles. The molecule has 0 saturated carbocycles. The van der Waals surface area contributed by atoms with E-state index in [0.29, 0.717) is 12.2 Å². The molecular formula is C14H16N2O. The minimum atomic E-state index is 0.273. The van der Waals surface area contributed by atoms with Crippen molar-refractivity contribution in [3.05, 3.63) is 60.0 Å². The molecule has 0 spiro atoms. The van der Waals surface area contributed by atoms with Gasteiger partial charge in [0, 0.05) is 23.7 Å². The van der Waals surface area contributed by atoms with Crippen LogP contribution in [0.2, 0.25) is 0 Å². The molecule has 0 aromatic heterocycles. The number of hydrogen-bond acceptors (Lipinski definition) is 3. The van der Waals surface area contributed by atoms with Gasteiger partial charge in [0.15, 0.2) is 0 Å². The van der Waals surface area contributed by atoms with Crippen LogP contribution in [0.15, 0.2) is 54.4 Å². The molecule has 3 nitrogen and oxygen atoms in total. The second-order valence-corrected chi connectivity index (χ2v) is 4.13. The van der Waals surface area contributed by atoms with Crippen LogP contribution >= 0.6 is 0 Å². The van der Waals surface area contributed by atoms with Crippen molar-refractivity contribution in [3.63, 3.8) is 0 Å². The molecule has 3 heteroatoms. The van der Waals surface area contributed by atoms with E-state index < -0.39 is 0 Å². The number of phenols is 1. The molecule has 0 unspecified atom stereocenters. The lowest BCUT2D eigenvalue weighted by atomic mass is 10.1. The molecular weight excluding hydrogens is 212 g/mol. The lowest BCUT2D eigenvalue weighted by molar-refractivity contribution is 0.442. The van der Waals surface area contributed by atoms with Crippen molar-refractivity contribution in [3.8, 4) is 5.75 Å². The standard InChI is InChI=1S/C14H16N2O/c1-11-3-2-7-16(8-6-11)10-12-9-13(15)4-5-14(12)17/h2-9,17H,10,15H2,1H3. The van der Waals surface area contributed by atoms with E-state index in [1.165, 1.54) is 5.57 Å². The average Bonchev–Trinajstić information content (AvgIpc) is 2.49. The zero-order valence-electron chi connectivity index (χ0n) is 9.80. The van der Waals surface area contributed by atoms with Gasteiger partial charge in [-0.05, 0) is 42.8 Å². The summed E-state index contributed by atoms with van der Waals surface area (Å²) in [5.74, 6) is 0.273. The maximum Gasteiger partial charge on any atom is 0.120 e. The number of benzene rings is 1. The zero-order valence-corrected chi connectivity index (χ0v) is 9.80. The summed E-state index contributed by atoms with van der Waals surface area (Å²) in [6.07, 6.45) is 10.0. The Morgan fingerprint density at radius 2 is 2.12 bits per heavy atom. The molecule has 1 aromatic rings. The highest BCUT2D eigenvalue weighted by Gasteiger charge is 2.05. The molecule has 0 saturated heterocycles. The van der Waals surface area contributed by atoms with Crippen molar-refractivity contribution in [1.82, 2.24) is 4.90 Å². The molecule has 0 bridgehead atoms. The molecule has 1 aliphatic rings. The number of nitrogen functional groups attached to an aromatic ring is 1. The van der Waals surface area contributed by atoms with Crippen LogP contribution < -0.4 is 5.73 Å². The Morgan fingerprint density at radius 1 is 1.29 bits per heavy atom. The van der Waals surface area contributed by atoms with Crippen LogP contribution in [0.1, 0.15) is 12.5 Å². The summed E-state index contributed by atoms with van der Waals surface area (Å²) in [5.41, 5.74) is 8.38. The maximum absolute atomic E-state index is 9.74. The van der Waals surface area contributed by atoms with Crippen molar-refractivity contribution in [2.24, 2.45) is 0 Å². The summed E-state index contributed by atoms with van der Waals surface area (Å²) in [7, 11) is 0. The third-order valence-electron chi connectivity index (χ3n) is 2.62. The highest BCUT2D eigenvalue weighted by atomic mass is 16.3. The van der Waals surface area contributed by atoms with Crippen LogP contribution in [0.25, 0.3) is 0 Å². The van der Waals surface area contributed by atoms with E-state index >= 15 is 0 Å². The van der Waals surface area contributed by atoms with Crippen molar-refractivity contribution < 1.29 is 5.11 Å².